The second-order valence-electron chi connectivity index (χ2n) is 4.29. The maximum Gasteiger partial charge on any atom is 0.240 e. The lowest BCUT2D eigenvalue weighted by Crippen LogP contribution is -2.32. The topological polar surface area (TPSA) is 52.9 Å². The Morgan fingerprint density at radius 1 is 1.47 bits per heavy atom. The summed E-state index contributed by atoms with van der Waals surface area (Å²) in [7, 11) is 0. The molecular weight excluding hydrogens is 280 g/mol. The third kappa shape index (κ3) is 2.67. The van der Waals surface area contributed by atoms with Crippen molar-refractivity contribution in [1.82, 2.24) is 5.32 Å². The van der Waals surface area contributed by atoms with Crippen LogP contribution in [-0.2, 0) is 11.2 Å². The number of hydrogen-bond donors (Lipinski definition) is 1. The Morgan fingerprint density at radius 2 is 2.18 bits per heavy atom. The van der Waals surface area contributed by atoms with Crippen LogP contribution in [0, 0.1) is 16.7 Å². The van der Waals surface area contributed by atoms with Gasteiger partial charge in [0.25, 0.3) is 0 Å². The maximum atomic E-state index is 11.7. The van der Waals surface area contributed by atoms with Gasteiger partial charge >= 0.3 is 0 Å². The number of amides is 1. The average molecular weight is 293 g/mol. The molecule has 0 heterocycles. The summed E-state index contributed by atoms with van der Waals surface area (Å²) in [6.07, 6.45) is 2.17. The molecule has 1 aromatic rings. The van der Waals surface area contributed by atoms with Crippen LogP contribution in [0.25, 0.3) is 0 Å². The lowest BCUT2D eigenvalue weighted by Gasteiger charge is -2.08. The van der Waals surface area contributed by atoms with Gasteiger partial charge in [-0.1, -0.05) is 34.1 Å². The van der Waals surface area contributed by atoms with Crippen molar-refractivity contribution in [1.29, 1.82) is 5.26 Å². The first-order valence-corrected chi connectivity index (χ1v) is 6.40. The third-order valence-electron chi connectivity index (χ3n) is 3.04. The summed E-state index contributed by atoms with van der Waals surface area (Å²) >= 11 is 3.46. The Bertz CT molecular complexity index is 475. The summed E-state index contributed by atoms with van der Waals surface area (Å²) in [5.74, 6) is -0.118. The van der Waals surface area contributed by atoms with Crippen LogP contribution in [0.3, 0.4) is 0 Å². The summed E-state index contributed by atoms with van der Waals surface area (Å²) in [6, 6.07) is 10.0. The molecule has 0 radical (unpaired) electrons. The summed E-state index contributed by atoms with van der Waals surface area (Å²) < 4.78 is 1.05. The van der Waals surface area contributed by atoms with Crippen LogP contribution >= 0.6 is 15.9 Å². The molecule has 0 aliphatic heterocycles. The predicted octanol–water partition coefficient (Wildman–Crippen LogP) is 2.41. The molecule has 0 spiro atoms. The highest BCUT2D eigenvalue weighted by molar-refractivity contribution is 9.10. The van der Waals surface area contributed by atoms with E-state index < -0.39 is 5.41 Å². The van der Waals surface area contributed by atoms with Gasteiger partial charge in [-0.15, -0.1) is 0 Å². The van der Waals surface area contributed by atoms with E-state index in [1.54, 1.807) is 0 Å². The van der Waals surface area contributed by atoms with Crippen LogP contribution in [0.4, 0.5) is 0 Å². The minimum atomic E-state index is -0.714. The van der Waals surface area contributed by atoms with Gasteiger partial charge in [-0.05, 0) is 30.9 Å². The van der Waals surface area contributed by atoms with Crippen molar-refractivity contribution >= 4 is 21.8 Å². The summed E-state index contributed by atoms with van der Waals surface area (Å²) in [4.78, 5) is 11.7. The molecule has 2 rings (SSSR count). The second-order valence-corrected chi connectivity index (χ2v) is 5.15. The first kappa shape index (κ1) is 12.1. The van der Waals surface area contributed by atoms with Gasteiger partial charge < -0.3 is 5.32 Å². The van der Waals surface area contributed by atoms with E-state index in [4.69, 9.17) is 5.26 Å². The Labute approximate surface area is 109 Å². The van der Waals surface area contributed by atoms with Crippen molar-refractivity contribution in [3.05, 3.63) is 34.3 Å². The first-order chi connectivity index (χ1) is 8.18. The van der Waals surface area contributed by atoms with Crippen LogP contribution in [0.2, 0.25) is 0 Å². The molecule has 1 N–H and O–H groups in total. The van der Waals surface area contributed by atoms with Crippen LogP contribution in [0.5, 0.6) is 0 Å². The molecule has 1 aliphatic rings. The number of rotatable bonds is 4. The van der Waals surface area contributed by atoms with Gasteiger partial charge in [-0.25, -0.2) is 0 Å². The highest BCUT2D eigenvalue weighted by atomic mass is 79.9. The average Bonchev–Trinajstić information content (AvgIpc) is 3.12. The molecule has 1 saturated carbocycles. The van der Waals surface area contributed by atoms with E-state index in [1.807, 2.05) is 24.3 Å². The van der Waals surface area contributed by atoms with E-state index in [0.717, 1.165) is 16.5 Å². The number of carbonyl (C=O) groups is 1. The van der Waals surface area contributed by atoms with Gasteiger partial charge in [0.1, 0.15) is 5.41 Å². The van der Waals surface area contributed by atoms with Crippen molar-refractivity contribution in [2.45, 2.75) is 19.3 Å². The number of nitrogens with one attached hydrogen (secondary N) is 1. The Morgan fingerprint density at radius 3 is 2.76 bits per heavy atom. The molecule has 0 unspecified atom stereocenters. The highest BCUT2D eigenvalue weighted by Crippen LogP contribution is 2.44. The van der Waals surface area contributed by atoms with Gasteiger partial charge in [0, 0.05) is 11.0 Å². The molecule has 1 fully saturated rings. The molecule has 1 aliphatic carbocycles. The zero-order valence-corrected chi connectivity index (χ0v) is 11.0. The van der Waals surface area contributed by atoms with Crippen LogP contribution < -0.4 is 5.32 Å². The Kier molecular flexibility index (Phi) is 3.49. The van der Waals surface area contributed by atoms with Crippen molar-refractivity contribution in [3.8, 4) is 6.07 Å². The lowest BCUT2D eigenvalue weighted by molar-refractivity contribution is -0.124. The Hall–Kier alpha value is -1.34. The zero-order valence-electron chi connectivity index (χ0n) is 9.37. The number of carbonyl (C=O) groups excluding carboxylic acids is 1. The van der Waals surface area contributed by atoms with Crippen molar-refractivity contribution < 1.29 is 4.79 Å². The van der Waals surface area contributed by atoms with E-state index in [0.29, 0.717) is 19.4 Å². The molecule has 17 heavy (non-hydrogen) atoms. The molecule has 1 amide bonds. The molecule has 88 valence electrons. The molecule has 0 atom stereocenters. The standard InChI is InChI=1S/C13H13BrN2O/c14-11-4-2-1-3-10(11)5-8-16-12(17)13(9-15)6-7-13/h1-4H,5-8H2,(H,16,17). The molecule has 3 nitrogen and oxygen atoms in total. The van der Waals surface area contributed by atoms with Gasteiger partial charge in [-0.2, -0.15) is 5.26 Å². The van der Waals surface area contributed by atoms with E-state index in [2.05, 4.69) is 27.3 Å². The van der Waals surface area contributed by atoms with Crippen LogP contribution in [0.15, 0.2) is 28.7 Å². The van der Waals surface area contributed by atoms with E-state index in [-0.39, 0.29) is 5.91 Å². The van der Waals surface area contributed by atoms with E-state index in [9.17, 15) is 4.79 Å². The monoisotopic (exact) mass is 292 g/mol. The third-order valence-corrected chi connectivity index (χ3v) is 3.81. The fourth-order valence-corrected chi connectivity index (χ4v) is 2.18. The fourth-order valence-electron chi connectivity index (χ4n) is 1.70. The van der Waals surface area contributed by atoms with Gasteiger partial charge in [-0.3, -0.25) is 4.79 Å². The normalized spacial score (nSPS) is 16.0. The summed E-state index contributed by atoms with van der Waals surface area (Å²) in [5, 5.41) is 11.7. The summed E-state index contributed by atoms with van der Waals surface area (Å²) in [5.41, 5.74) is 0.447. The second kappa shape index (κ2) is 4.89. The molecular formula is C13H13BrN2O. The number of benzene rings is 1. The molecule has 4 heteroatoms. The predicted molar refractivity (Wildman–Crippen MR) is 68.1 cm³/mol. The van der Waals surface area contributed by atoms with Crippen molar-refractivity contribution in [3.63, 3.8) is 0 Å². The SMILES string of the molecule is N#CC1(C(=O)NCCc2ccccc2Br)CC1. The van der Waals surface area contributed by atoms with Crippen molar-refractivity contribution in [2.75, 3.05) is 6.54 Å². The number of nitriles is 1. The van der Waals surface area contributed by atoms with Crippen molar-refractivity contribution in [2.24, 2.45) is 5.41 Å². The van der Waals surface area contributed by atoms with Crippen LogP contribution in [-0.4, -0.2) is 12.5 Å². The Balaban J connectivity index is 1.83. The van der Waals surface area contributed by atoms with Gasteiger partial charge in [0.05, 0.1) is 6.07 Å². The lowest BCUT2D eigenvalue weighted by atomic mass is 10.1. The first-order valence-electron chi connectivity index (χ1n) is 5.61. The molecule has 1 aromatic carbocycles. The van der Waals surface area contributed by atoms with E-state index in [1.165, 1.54) is 0 Å². The molecule has 0 saturated heterocycles. The number of hydrogen-bond acceptors (Lipinski definition) is 2. The van der Waals surface area contributed by atoms with Gasteiger partial charge in [0.15, 0.2) is 0 Å². The summed E-state index contributed by atoms with van der Waals surface area (Å²) in [6.45, 7) is 0.574. The smallest absolute Gasteiger partial charge is 0.240 e. The highest BCUT2D eigenvalue weighted by Gasteiger charge is 2.50. The van der Waals surface area contributed by atoms with Crippen LogP contribution in [0.1, 0.15) is 18.4 Å². The number of nitrogens with zero attached hydrogens (tertiary/aromatic N) is 1. The minimum Gasteiger partial charge on any atom is -0.354 e. The van der Waals surface area contributed by atoms with Gasteiger partial charge in [0.2, 0.25) is 5.91 Å². The number of halogens is 1. The zero-order chi connectivity index (χ0) is 12.3. The maximum absolute atomic E-state index is 11.7. The minimum absolute atomic E-state index is 0.118. The van der Waals surface area contributed by atoms with E-state index >= 15 is 0 Å². The fraction of sp³-hybridized carbons (Fsp3) is 0.385. The molecule has 0 aromatic heterocycles. The largest absolute Gasteiger partial charge is 0.354 e. The quantitative estimate of drug-likeness (QED) is 0.927. The molecule has 0 bridgehead atoms.